The minimum atomic E-state index is -0.324. The number of aryl methyl sites for hydroxylation is 1. The van der Waals surface area contributed by atoms with Gasteiger partial charge in [0.2, 0.25) is 0 Å². The quantitative estimate of drug-likeness (QED) is 0.588. The number of thiazole rings is 1. The summed E-state index contributed by atoms with van der Waals surface area (Å²) in [5.41, 5.74) is 4.29. The van der Waals surface area contributed by atoms with E-state index in [2.05, 4.69) is 25.9 Å². The van der Waals surface area contributed by atoms with Crippen molar-refractivity contribution in [2.45, 2.75) is 25.8 Å². The first-order valence-electron chi connectivity index (χ1n) is 6.35. The first kappa shape index (κ1) is 14.9. The van der Waals surface area contributed by atoms with E-state index < -0.39 is 0 Å². The molecular weight excluding hydrogens is 377 g/mol. The third-order valence-electron chi connectivity index (χ3n) is 3.32. The molecule has 0 bridgehead atoms. The Morgan fingerprint density at radius 2 is 2.24 bits per heavy atom. The summed E-state index contributed by atoms with van der Waals surface area (Å²) >= 11 is 11.1. The van der Waals surface area contributed by atoms with Crippen molar-refractivity contribution in [3.63, 3.8) is 0 Å². The van der Waals surface area contributed by atoms with Gasteiger partial charge >= 0.3 is 0 Å². The Hall–Kier alpha value is -0.980. The van der Waals surface area contributed by atoms with Crippen LogP contribution in [0.3, 0.4) is 0 Å². The Morgan fingerprint density at radius 1 is 1.48 bits per heavy atom. The van der Waals surface area contributed by atoms with Crippen molar-refractivity contribution in [3.05, 3.63) is 44.3 Å². The van der Waals surface area contributed by atoms with Crippen LogP contribution in [-0.2, 0) is 6.54 Å². The van der Waals surface area contributed by atoms with E-state index >= 15 is 0 Å². The highest BCUT2D eigenvalue weighted by Gasteiger charge is 2.18. The van der Waals surface area contributed by atoms with Gasteiger partial charge in [-0.05, 0) is 35.8 Å². The zero-order chi connectivity index (χ0) is 15.1. The van der Waals surface area contributed by atoms with Gasteiger partial charge in [0.1, 0.15) is 11.6 Å². The summed E-state index contributed by atoms with van der Waals surface area (Å²) in [4.78, 5) is 9.89. The second-order valence-corrected chi connectivity index (χ2v) is 7.24. The minimum Gasteiger partial charge on any atom is -0.321 e. The van der Waals surface area contributed by atoms with Gasteiger partial charge in [0, 0.05) is 10.9 Å². The molecule has 0 amide bonds. The van der Waals surface area contributed by atoms with Crippen LogP contribution in [0.1, 0.15) is 28.7 Å². The van der Waals surface area contributed by atoms with Crippen molar-refractivity contribution in [3.8, 4) is 0 Å². The summed E-state index contributed by atoms with van der Waals surface area (Å²) in [6.07, 6.45) is 0. The van der Waals surface area contributed by atoms with Gasteiger partial charge < -0.3 is 4.57 Å². The molecule has 1 atom stereocenters. The fourth-order valence-electron chi connectivity index (χ4n) is 2.23. The molecule has 110 valence electrons. The van der Waals surface area contributed by atoms with Crippen molar-refractivity contribution in [1.82, 2.24) is 14.5 Å². The Labute approximate surface area is 138 Å². The van der Waals surface area contributed by atoms with E-state index in [9.17, 15) is 4.39 Å². The van der Waals surface area contributed by atoms with Crippen LogP contribution in [0.15, 0.2) is 22.1 Å². The number of alkyl halides is 1. The standard InChI is InChI=1S/C14H12BrClFN3S/c1-7(16)14-19-11-4-10(17)9(15)3-12(11)20(14)5-13-8(2)18-6-21-13/h3-4,6-7H,5H2,1-2H3. The fourth-order valence-corrected chi connectivity index (χ4v) is 3.49. The molecule has 0 spiro atoms. The van der Waals surface area contributed by atoms with Crippen molar-refractivity contribution in [1.29, 1.82) is 0 Å². The second kappa shape index (κ2) is 5.66. The number of halogens is 3. The SMILES string of the molecule is Cc1ncsc1Cn1c(C(C)Cl)nc2cc(F)c(Br)cc21. The second-order valence-electron chi connectivity index (χ2n) is 4.79. The van der Waals surface area contributed by atoms with Crippen LogP contribution < -0.4 is 0 Å². The lowest BCUT2D eigenvalue weighted by atomic mass is 10.3. The zero-order valence-corrected chi connectivity index (χ0v) is 14.6. The summed E-state index contributed by atoms with van der Waals surface area (Å²) in [5, 5.41) is -0.257. The number of benzene rings is 1. The molecule has 3 nitrogen and oxygen atoms in total. The highest BCUT2D eigenvalue weighted by molar-refractivity contribution is 9.10. The summed E-state index contributed by atoms with van der Waals surface area (Å²) < 4.78 is 16.1. The van der Waals surface area contributed by atoms with Crippen molar-refractivity contribution >= 4 is 49.9 Å². The monoisotopic (exact) mass is 387 g/mol. The molecule has 1 aromatic carbocycles. The number of rotatable bonds is 3. The van der Waals surface area contributed by atoms with E-state index in [1.807, 2.05) is 23.9 Å². The smallest absolute Gasteiger partial charge is 0.139 e. The summed E-state index contributed by atoms with van der Waals surface area (Å²) in [7, 11) is 0. The average molecular weight is 389 g/mol. The molecule has 0 fully saturated rings. The molecule has 0 aliphatic heterocycles. The Balaban J connectivity index is 2.20. The third kappa shape index (κ3) is 2.72. The fraction of sp³-hybridized carbons (Fsp3) is 0.286. The molecule has 0 N–H and O–H groups in total. The molecule has 0 saturated heterocycles. The van der Waals surface area contributed by atoms with Crippen LogP contribution in [0.25, 0.3) is 11.0 Å². The predicted molar refractivity (Wildman–Crippen MR) is 87.6 cm³/mol. The molecule has 3 aromatic rings. The topological polar surface area (TPSA) is 30.7 Å². The average Bonchev–Trinajstić information content (AvgIpc) is 2.97. The van der Waals surface area contributed by atoms with Gasteiger partial charge in [-0.2, -0.15) is 0 Å². The van der Waals surface area contributed by atoms with Crippen LogP contribution in [0.4, 0.5) is 4.39 Å². The van der Waals surface area contributed by atoms with Crippen LogP contribution in [0, 0.1) is 12.7 Å². The lowest BCUT2D eigenvalue weighted by Gasteiger charge is -2.10. The molecule has 0 radical (unpaired) electrons. The lowest BCUT2D eigenvalue weighted by molar-refractivity contribution is 0.622. The van der Waals surface area contributed by atoms with Crippen LogP contribution in [0.5, 0.6) is 0 Å². The van der Waals surface area contributed by atoms with E-state index in [1.54, 1.807) is 17.4 Å². The number of imidazole rings is 1. The van der Waals surface area contributed by atoms with E-state index in [-0.39, 0.29) is 11.2 Å². The van der Waals surface area contributed by atoms with Crippen molar-refractivity contribution < 1.29 is 4.39 Å². The van der Waals surface area contributed by atoms with Crippen LogP contribution in [-0.4, -0.2) is 14.5 Å². The Morgan fingerprint density at radius 3 is 2.86 bits per heavy atom. The third-order valence-corrected chi connectivity index (χ3v) is 5.04. The van der Waals surface area contributed by atoms with Crippen LogP contribution in [0.2, 0.25) is 0 Å². The molecule has 2 heterocycles. The number of aromatic nitrogens is 3. The molecule has 0 aliphatic rings. The highest BCUT2D eigenvalue weighted by atomic mass is 79.9. The van der Waals surface area contributed by atoms with Crippen LogP contribution >= 0.6 is 38.9 Å². The van der Waals surface area contributed by atoms with Gasteiger partial charge in [-0.3, -0.25) is 0 Å². The maximum Gasteiger partial charge on any atom is 0.139 e. The molecule has 1 unspecified atom stereocenters. The Bertz CT molecular complexity index is 812. The van der Waals surface area contributed by atoms with Crippen molar-refractivity contribution in [2.24, 2.45) is 0 Å². The maximum atomic E-state index is 13.7. The van der Waals surface area contributed by atoms with Gasteiger partial charge in [-0.1, -0.05) is 0 Å². The van der Waals surface area contributed by atoms with Gasteiger partial charge in [-0.25, -0.2) is 14.4 Å². The lowest BCUT2D eigenvalue weighted by Crippen LogP contribution is -2.05. The molecule has 3 rings (SSSR count). The summed E-state index contributed by atoms with van der Waals surface area (Å²) in [5.74, 6) is 0.409. The molecular formula is C14H12BrClFN3S. The Kier molecular flexibility index (Phi) is 4.03. The molecule has 7 heteroatoms. The molecule has 21 heavy (non-hydrogen) atoms. The summed E-state index contributed by atoms with van der Waals surface area (Å²) in [6, 6.07) is 3.18. The first-order valence-corrected chi connectivity index (χ1v) is 8.46. The normalized spacial score (nSPS) is 13.0. The number of hydrogen-bond donors (Lipinski definition) is 0. The van der Waals surface area contributed by atoms with E-state index in [0.29, 0.717) is 16.5 Å². The number of nitrogens with zero attached hydrogens (tertiary/aromatic N) is 3. The number of fused-ring (bicyclic) bond motifs is 1. The van der Waals surface area contributed by atoms with Crippen molar-refractivity contribution in [2.75, 3.05) is 0 Å². The highest BCUT2D eigenvalue weighted by Crippen LogP contribution is 2.30. The van der Waals surface area contributed by atoms with Gasteiger partial charge in [0.25, 0.3) is 0 Å². The van der Waals surface area contributed by atoms with Gasteiger partial charge in [-0.15, -0.1) is 22.9 Å². The van der Waals surface area contributed by atoms with Gasteiger partial charge in [0.05, 0.1) is 38.6 Å². The predicted octanol–water partition coefficient (Wildman–Crippen LogP) is 5.05. The summed E-state index contributed by atoms with van der Waals surface area (Å²) in [6.45, 7) is 4.48. The number of hydrogen-bond acceptors (Lipinski definition) is 3. The van der Waals surface area contributed by atoms with E-state index in [0.717, 1.165) is 21.9 Å². The molecule has 0 aliphatic carbocycles. The van der Waals surface area contributed by atoms with Gasteiger partial charge in [0.15, 0.2) is 0 Å². The maximum absolute atomic E-state index is 13.7. The first-order chi connectivity index (χ1) is 9.97. The van der Waals surface area contributed by atoms with E-state index in [4.69, 9.17) is 11.6 Å². The van der Waals surface area contributed by atoms with E-state index in [1.165, 1.54) is 6.07 Å². The zero-order valence-electron chi connectivity index (χ0n) is 11.4. The molecule has 0 saturated carbocycles. The minimum absolute atomic E-state index is 0.257. The molecule has 2 aromatic heterocycles. The largest absolute Gasteiger partial charge is 0.321 e.